The second-order valence-electron chi connectivity index (χ2n) is 7.67. The Hall–Kier alpha value is -1.84. The van der Waals surface area contributed by atoms with Crippen LogP contribution in [-0.4, -0.2) is 24.2 Å². The van der Waals surface area contributed by atoms with Crippen LogP contribution in [0.1, 0.15) is 53.0 Å². The van der Waals surface area contributed by atoms with E-state index in [0.29, 0.717) is 19.3 Å². The molecule has 1 N–H and O–H groups in total. The van der Waals surface area contributed by atoms with Gasteiger partial charge in [-0.25, -0.2) is 0 Å². The summed E-state index contributed by atoms with van der Waals surface area (Å²) in [5.41, 5.74) is -2.11. The molecule has 0 radical (unpaired) electrons. The summed E-state index contributed by atoms with van der Waals surface area (Å²) in [7, 11) is 1.34. The number of benzene rings is 1. The monoisotopic (exact) mass is 334 g/mol. The van der Waals surface area contributed by atoms with Gasteiger partial charge in [-0.1, -0.05) is 64.4 Å². The summed E-state index contributed by atoms with van der Waals surface area (Å²) in [5.74, 6) is -1.42. The van der Waals surface area contributed by atoms with Crippen LogP contribution in [0.15, 0.2) is 30.3 Å². The van der Waals surface area contributed by atoms with Gasteiger partial charge in [0.15, 0.2) is 0 Å². The molecule has 0 saturated carbocycles. The van der Waals surface area contributed by atoms with Gasteiger partial charge in [0.1, 0.15) is 0 Å². The van der Waals surface area contributed by atoms with Gasteiger partial charge in [0.2, 0.25) is 0 Å². The molecule has 0 aliphatic carbocycles. The Morgan fingerprint density at radius 2 is 1.62 bits per heavy atom. The molecule has 2 atom stereocenters. The zero-order valence-corrected chi connectivity index (χ0v) is 15.7. The maximum atomic E-state index is 12.9. The number of hydrogen-bond donors (Lipinski definition) is 1. The minimum absolute atomic E-state index is 0.342. The van der Waals surface area contributed by atoms with Gasteiger partial charge in [-0.2, -0.15) is 0 Å². The molecule has 0 aliphatic heterocycles. The van der Waals surface area contributed by atoms with E-state index in [0.717, 1.165) is 5.56 Å². The smallest absolute Gasteiger partial charge is 0.313 e. The van der Waals surface area contributed by atoms with Crippen LogP contribution in [0.5, 0.6) is 0 Å². The van der Waals surface area contributed by atoms with E-state index in [1.807, 2.05) is 58.0 Å². The lowest BCUT2D eigenvalue weighted by atomic mass is 9.50. The summed E-state index contributed by atoms with van der Waals surface area (Å²) in [6.45, 7) is 9.27. The van der Waals surface area contributed by atoms with Crippen molar-refractivity contribution in [3.05, 3.63) is 35.9 Å². The molecule has 0 fully saturated rings. The van der Waals surface area contributed by atoms with Crippen molar-refractivity contribution in [3.8, 4) is 0 Å². The number of esters is 1. The van der Waals surface area contributed by atoms with Crippen LogP contribution in [0.4, 0.5) is 0 Å². The number of carbonyl (C=O) groups is 2. The highest BCUT2D eigenvalue weighted by molar-refractivity contribution is 5.88. The first-order chi connectivity index (χ1) is 11.1. The highest BCUT2D eigenvalue weighted by Crippen LogP contribution is 2.56. The van der Waals surface area contributed by atoms with Crippen LogP contribution in [0.3, 0.4) is 0 Å². The molecule has 1 aromatic rings. The molecule has 134 valence electrons. The first-order valence-corrected chi connectivity index (χ1v) is 8.42. The first kappa shape index (κ1) is 20.2. The fourth-order valence-electron chi connectivity index (χ4n) is 3.70. The average molecular weight is 334 g/mol. The van der Waals surface area contributed by atoms with Crippen molar-refractivity contribution >= 4 is 11.9 Å². The zero-order chi connectivity index (χ0) is 18.6. The fourth-order valence-corrected chi connectivity index (χ4v) is 3.70. The van der Waals surface area contributed by atoms with Crippen LogP contribution < -0.4 is 0 Å². The third-order valence-electron chi connectivity index (χ3n) is 5.49. The Morgan fingerprint density at radius 1 is 1.08 bits per heavy atom. The summed E-state index contributed by atoms with van der Waals surface area (Å²) in [6.07, 6.45) is 1.49. The maximum Gasteiger partial charge on any atom is 0.313 e. The van der Waals surface area contributed by atoms with Gasteiger partial charge in [-0.3, -0.25) is 9.59 Å². The topological polar surface area (TPSA) is 63.6 Å². The maximum absolute atomic E-state index is 12.9. The molecule has 4 heteroatoms. The summed E-state index contributed by atoms with van der Waals surface area (Å²) in [6, 6.07) is 9.57. The average Bonchev–Trinajstić information content (AvgIpc) is 2.52. The van der Waals surface area contributed by atoms with E-state index in [9.17, 15) is 14.7 Å². The van der Waals surface area contributed by atoms with E-state index in [1.54, 1.807) is 6.92 Å². The van der Waals surface area contributed by atoms with Gasteiger partial charge in [0, 0.05) is 0 Å². The van der Waals surface area contributed by atoms with Crippen molar-refractivity contribution in [1.82, 2.24) is 0 Å². The Kier molecular flexibility index (Phi) is 6.20. The molecule has 1 rings (SSSR count). The van der Waals surface area contributed by atoms with Crippen molar-refractivity contribution in [2.24, 2.45) is 16.2 Å². The van der Waals surface area contributed by atoms with Crippen LogP contribution in [0.2, 0.25) is 0 Å². The van der Waals surface area contributed by atoms with Gasteiger partial charge in [-0.05, 0) is 30.7 Å². The Labute approximate surface area is 145 Å². The van der Waals surface area contributed by atoms with Gasteiger partial charge in [0.05, 0.1) is 17.9 Å². The third-order valence-corrected chi connectivity index (χ3v) is 5.49. The van der Waals surface area contributed by atoms with Crippen LogP contribution in [0.25, 0.3) is 0 Å². The lowest BCUT2D eigenvalue weighted by Crippen LogP contribution is -2.58. The van der Waals surface area contributed by atoms with Gasteiger partial charge >= 0.3 is 11.9 Å². The lowest BCUT2D eigenvalue weighted by molar-refractivity contribution is -0.187. The molecule has 0 bridgehead atoms. The third kappa shape index (κ3) is 3.33. The number of methoxy groups -OCH3 is 1. The van der Waals surface area contributed by atoms with Crippen molar-refractivity contribution in [1.29, 1.82) is 0 Å². The number of carbonyl (C=O) groups excluding carboxylic acids is 1. The number of carboxylic acid groups (broad SMARTS) is 1. The first-order valence-electron chi connectivity index (χ1n) is 8.42. The minimum atomic E-state index is -1.28. The molecule has 0 saturated heterocycles. The summed E-state index contributed by atoms with van der Waals surface area (Å²) in [5, 5.41) is 10.1. The molecule has 1 aromatic carbocycles. The number of aliphatic carboxylic acids is 1. The summed E-state index contributed by atoms with van der Waals surface area (Å²) < 4.78 is 5.13. The minimum Gasteiger partial charge on any atom is -0.481 e. The van der Waals surface area contributed by atoms with E-state index < -0.39 is 28.2 Å². The molecule has 0 amide bonds. The fraction of sp³-hybridized carbons (Fsp3) is 0.600. The lowest BCUT2D eigenvalue weighted by Gasteiger charge is -2.51. The van der Waals surface area contributed by atoms with Gasteiger partial charge < -0.3 is 9.84 Å². The van der Waals surface area contributed by atoms with Crippen molar-refractivity contribution in [2.75, 3.05) is 7.11 Å². The molecule has 24 heavy (non-hydrogen) atoms. The molecular formula is C20H30O4. The van der Waals surface area contributed by atoms with E-state index in [2.05, 4.69) is 0 Å². The van der Waals surface area contributed by atoms with Crippen molar-refractivity contribution in [3.63, 3.8) is 0 Å². The predicted octanol–water partition coefficient (Wildman–Crippen LogP) is 4.33. The molecular weight excluding hydrogens is 304 g/mol. The summed E-state index contributed by atoms with van der Waals surface area (Å²) in [4.78, 5) is 25.3. The Morgan fingerprint density at radius 3 is 2.00 bits per heavy atom. The number of hydrogen-bond acceptors (Lipinski definition) is 3. The molecule has 0 heterocycles. The SMILES string of the molecule is CCCC(Cc1ccccc1)(C(=O)OC)C(C)(C(=O)O)C(C)(C)C. The highest BCUT2D eigenvalue weighted by Gasteiger charge is 2.63. The molecule has 0 aromatic heterocycles. The quantitative estimate of drug-likeness (QED) is 0.754. The predicted molar refractivity (Wildman–Crippen MR) is 94.7 cm³/mol. The number of carboxylic acids is 1. The van der Waals surface area contributed by atoms with Crippen LogP contribution in [0, 0.1) is 16.2 Å². The Bertz CT molecular complexity index is 573. The standard InChI is InChI=1S/C20H30O4/c1-7-13-20(17(23)24-6,14-15-11-9-8-10-12-15)19(5,16(21)22)18(2,3)4/h8-12H,7,13-14H2,1-6H3,(H,21,22). The van der Waals surface area contributed by atoms with Crippen LogP contribution >= 0.6 is 0 Å². The van der Waals surface area contributed by atoms with E-state index in [1.165, 1.54) is 7.11 Å². The highest BCUT2D eigenvalue weighted by atomic mass is 16.5. The van der Waals surface area contributed by atoms with Gasteiger partial charge in [0.25, 0.3) is 0 Å². The molecule has 0 aliphatic rings. The van der Waals surface area contributed by atoms with E-state index in [4.69, 9.17) is 4.74 Å². The molecule has 4 nitrogen and oxygen atoms in total. The summed E-state index contributed by atoms with van der Waals surface area (Å²) >= 11 is 0. The molecule has 2 unspecified atom stereocenters. The number of rotatable bonds is 7. The largest absolute Gasteiger partial charge is 0.481 e. The second-order valence-corrected chi connectivity index (χ2v) is 7.67. The van der Waals surface area contributed by atoms with Gasteiger partial charge in [-0.15, -0.1) is 0 Å². The van der Waals surface area contributed by atoms with Crippen molar-refractivity contribution in [2.45, 2.75) is 53.9 Å². The molecule has 0 spiro atoms. The van der Waals surface area contributed by atoms with E-state index >= 15 is 0 Å². The second kappa shape index (κ2) is 7.37. The van der Waals surface area contributed by atoms with Crippen LogP contribution in [-0.2, 0) is 20.7 Å². The van der Waals surface area contributed by atoms with E-state index in [-0.39, 0.29) is 0 Å². The normalized spacial score (nSPS) is 16.8. The zero-order valence-electron chi connectivity index (χ0n) is 15.7. The van der Waals surface area contributed by atoms with Crippen molar-refractivity contribution < 1.29 is 19.4 Å². The number of ether oxygens (including phenoxy) is 1. The Balaban J connectivity index is 3.67.